The third-order valence-corrected chi connectivity index (χ3v) is 3.86. The van der Waals surface area contributed by atoms with Crippen LogP contribution in [0.15, 0.2) is 49.1 Å². The molecule has 0 aliphatic carbocycles. The fourth-order valence-electron chi connectivity index (χ4n) is 2.51. The van der Waals surface area contributed by atoms with Gasteiger partial charge in [-0.15, -0.1) is 6.58 Å². The molecular weight excluding hydrogens is 332 g/mol. The number of ether oxygens (including phenoxy) is 3. The van der Waals surface area contributed by atoms with Crippen molar-refractivity contribution in [2.45, 2.75) is 6.42 Å². The smallest absolute Gasteiger partial charge is 0.185 e. The maximum Gasteiger partial charge on any atom is 0.185 e. The third-order valence-electron chi connectivity index (χ3n) is 3.86. The zero-order chi connectivity index (χ0) is 19.1. The molecule has 5 nitrogen and oxygen atoms in total. The van der Waals surface area contributed by atoms with Crippen LogP contribution < -0.4 is 14.2 Å². The first-order valence-electron chi connectivity index (χ1n) is 7.99. The van der Waals surface area contributed by atoms with Gasteiger partial charge in [-0.1, -0.05) is 12.2 Å². The summed E-state index contributed by atoms with van der Waals surface area (Å²) in [4.78, 5) is 12.4. The van der Waals surface area contributed by atoms with Gasteiger partial charge in [0.25, 0.3) is 0 Å². The standard InChI is InChI=1S/C21H22O5/c1-5-6-16-11-14(12-20(26-4)21(16)23)7-9-17(22)15-8-10-18(24-2)19(13-15)25-3/h5,7-13,23H,1,6H2,2-4H3. The summed E-state index contributed by atoms with van der Waals surface area (Å²) in [7, 11) is 4.54. The summed E-state index contributed by atoms with van der Waals surface area (Å²) >= 11 is 0. The Hall–Kier alpha value is -3.21. The van der Waals surface area contributed by atoms with Crippen molar-refractivity contribution in [3.8, 4) is 23.0 Å². The van der Waals surface area contributed by atoms with Gasteiger partial charge in [0.2, 0.25) is 0 Å². The molecule has 0 heterocycles. The van der Waals surface area contributed by atoms with E-state index in [-0.39, 0.29) is 11.5 Å². The summed E-state index contributed by atoms with van der Waals surface area (Å²) in [5.74, 6) is 1.30. The minimum Gasteiger partial charge on any atom is -0.504 e. The molecule has 2 aromatic rings. The number of phenolic OH excluding ortho intramolecular Hbond substituents is 1. The van der Waals surface area contributed by atoms with Crippen molar-refractivity contribution >= 4 is 11.9 Å². The zero-order valence-corrected chi connectivity index (χ0v) is 15.1. The quantitative estimate of drug-likeness (QED) is 0.440. The largest absolute Gasteiger partial charge is 0.504 e. The van der Waals surface area contributed by atoms with E-state index in [4.69, 9.17) is 14.2 Å². The highest BCUT2D eigenvalue weighted by Crippen LogP contribution is 2.32. The Bertz CT molecular complexity index is 837. The molecule has 136 valence electrons. The van der Waals surface area contributed by atoms with Crippen molar-refractivity contribution in [2.75, 3.05) is 21.3 Å². The summed E-state index contributed by atoms with van der Waals surface area (Å²) in [5.41, 5.74) is 1.90. The number of aromatic hydroxyl groups is 1. The Balaban J connectivity index is 2.30. The topological polar surface area (TPSA) is 65.0 Å². The highest BCUT2D eigenvalue weighted by molar-refractivity contribution is 6.07. The Labute approximate surface area is 153 Å². The van der Waals surface area contributed by atoms with Crippen molar-refractivity contribution in [3.63, 3.8) is 0 Å². The van der Waals surface area contributed by atoms with Gasteiger partial charge in [-0.05, 0) is 48.4 Å². The van der Waals surface area contributed by atoms with Crippen LogP contribution in [0.2, 0.25) is 0 Å². The number of hydrogen-bond acceptors (Lipinski definition) is 5. The lowest BCUT2D eigenvalue weighted by Crippen LogP contribution is -1.97. The summed E-state index contributed by atoms with van der Waals surface area (Å²) in [5, 5.41) is 10.1. The molecule has 0 fully saturated rings. The second-order valence-electron chi connectivity index (χ2n) is 5.49. The normalized spacial score (nSPS) is 10.6. The molecule has 0 aliphatic rings. The highest BCUT2D eigenvalue weighted by Gasteiger charge is 2.10. The molecule has 0 spiro atoms. The van der Waals surface area contributed by atoms with E-state index >= 15 is 0 Å². The third kappa shape index (κ3) is 4.25. The summed E-state index contributed by atoms with van der Waals surface area (Å²) in [6, 6.07) is 8.45. The predicted octanol–water partition coefficient (Wildman–Crippen LogP) is 4.04. The average Bonchev–Trinajstić information content (AvgIpc) is 2.67. The first-order chi connectivity index (χ1) is 12.5. The molecule has 0 saturated heterocycles. The van der Waals surface area contributed by atoms with Crippen molar-refractivity contribution in [1.29, 1.82) is 0 Å². The Morgan fingerprint density at radius 3 is 2.35 bits per heavy atom. The van der Waals surface area contributed by atoms with Crippen LogP contribution in [0, 0.1) is 0 Å². The lowest BCUT2D eigenvalue weighted by atomic mass is 10.0. The van der Waals surface area contributed by atoms with E-state index in [2.05, 4.69) is 6.58 Å². The van der Waals surface area contributed by atoms with Crippen LogP contribution in [-0.4, -0.2) is 32.2 Å². The maximum absolute atomic E-state index is 12.4. The zero-order valence-electron chi connectivity index (χ0n) is 15.1. The van der Waals surface area contributed by atoms with Gasteiger partial charge in [0, 0.05) is 11.1 Å². The molecule has 0 radical (unpaired) electrons. The van der Waals surface area contributed by atoms with E-state index in [9.17, 15) is 9.90 Å². The molecule has 5 heteroatoms. The molecule has 2 rings (SSSR count). The van der Waals surface area contributed by atoms with E-state index in [0.717, 1.165) is 5.56 Å². The van der Waals surface area contributed by atoms with Crippen molar-refractivity contribution in [3.05, 3.63) is 65.8 Å². The summed E-state index contributed by atoms with van der Waals surface area (Å²) in [6.45, 7) is 3.68. The number of carbonyl (C=O) groups is 1. The minimum absolute atomic E-state index is 0.0794. The van der Waals surface area contributed by atoms with Gasteiger partial charge < -0.3 is 19.3 Å². The Kier molecular flexibility index (Phi) is 6.44. The molecule has 0 amide bonds. The number of carbonyl (C=O) groups excluding carboxylic acids is 1. The SMILES string of the molecule is C=CCc1cc(C=CC(=O)c2ccc(OC)c(OC)c2)cc(OC)c1O. The van der Waals surface area contributed by atoms with Gasteiger partial charge in [-0.2, -0.15) is 0 Å². The van der Waals surface area contributed by atoms with Gasteiger partial charge in [0.15, 0.2) is 28.8 Å². The number of rotatable bonds is 8. The second-order valence-corrected chi connectivity index (χ2v) is 5.49. The van der Waals surface area contributed by atoms with Crippen LogP contribution in [0.1, 0.15) is 21.5 Å². The molecule has 0 atom stereocenters. The van der Waals surface area contributed by atoms with Crippen LogP contribution in [0.3, 0.4) is 0 Å². The Morgan fingerprint density at radius 2 is 1.73 bits per heavy atom. The fourth-order valence-corrected chi connectivity index (χ4v) is 2.51. The first kappa shape index (κ1) is 19.1. The van der Waals surface area contributed by atoms with E-state index < -0.39 is 0 Å². The fraction of sp³-hybridized carbons (Fsp3) is 0.190. The van der Waals surface area contributed by atoms with Crippen LogP contribution in [0.4, 0.5) is 0 Å². The molecule has 1 N–H and O–H groups in total. The maximum atomic E-state index is 12.4. The highest BCUT2D eigenvalue weighted by atomic mass is 16.5. The predicted molar refractivity (Wildman–Crippen MR) is 101 cm³/mol. The molecular formula is C21H22O5. The van der Waals surface area contributed by atoms with E-state index in [1.54, 1.807) is 42.5 Å². The first-order valence-corrected chi connectivity index (χ1v) is 7.99. The van der Waals surface area contributed by atoms with Gasteiger partial charge in [0.05, 0.1) is 21.3 Å². The second kappa shape index (κ2) is 8.76. The summed E-state index contributed by atoms with van der Waals surface area (Å²) in [6.07, 6.45) is 5.32. The van der Waals surface area contributed by atoms with Crippen molar-refractivity contribution < 1.29 is 24.1 Å². The van der Waals surface area contributed by atoms with Crippen LogP contribution in [0.25, 0.3) is 6.08 Å². The van der Waals surface area contributed by atoms with E-state index in [1.807, 2.05) is 0 Å². The number of benzene rings is 2. The van der Waals surface area contributed by atoms with Gasteiger partial charge in [-0.3, -0.25) is 4.79 Å². The van der Waals surface area contributed by atoms with Gasteiger partial charge in [-0.25, -0.2) is 0 Å². The minimum atomic E-state index is -0.178. The molecule has 0 unspecified atom stereocenters. The van der Waals surface area contributed by atoms with Crippen LogP contribution in [0.5, 0.6) is 23.0 Å². The monoisotopic (exact) mass is 354 g/mol. The number of ketones is 1. The summed E-state index contributed by atoms with van der Waals surface area (Å²) < 4.78 is 15.6. The molecule has 0 saturated carbocycles. The molecule has 0 bridgehead atoms. The van der Waals surface area contributed by atoms with Crippen LogP contribution >= 0.6 is 0 Å². The molecule has 0 aliphatic heterocycles. The number of phenols is 1. The number of allylic oxidation sites excluding steroid dienone is 2. The van der Waals surface area contributed by atoms with Gasteiger partial charge in [0.1, 0.15) is 0 Å². The number of hydrogen-bond donors (Lipinski definition) is 1. The number of methoxy groups -OCH3 is 3. The lowest BCUT2D eigenvalue weighted by molar-refractivity contribution is 0.104. The van der Waals surface area contributed by atoms with Crippen LogP contribution in [-0.2, 0) is 6.42 Å². The Morgan fingerprint density at radius 1 is 1.04 bits per heavy atom. The molecule has 26 heavy (non-hydrogen) atoms. The van der Waals surface area contributed by atoms with Gasteiger partial charge >= 0.3 is 0 Å². The van der Waals surface area contributed by atoms with E-state index in [1.165, 1.54) is 27.4 Å². The lowest BCUT2D eigenvalue weighted by Gasteiger charge is -2.09. The van der Waals surface area contributed by atoms with Crippen molar-refractivity contribution in [2.24, 2.45) is 0 Å². The molecule has 2 aromatic carbocycles. The molecule has 0 aromatic heterocycles. The van der Waals surface area contributed by atoms with E-state index in [0.29, 0.717) is 34.8 Å². The average molecular weight is 354 g/mol. The van der Waals surface area contributed by atoms with Crippen molar-refractivity contribution in [1.82, 2.24) is 0 Å².